The van der Waals surface area contributed by atoms with Crippen LogP contribution in [-0.2, 0) is 18.6 Å². The van der Waals surface area contributed by atoms with Crippen LogP contribution in [-0.4, -0.2) is 15.7 Å². The number of nitrogens with zero attached hydrogens (tertiary/aromatic N) is 2. The lowest BCUT2D eigenvalue weighted by Crippen LogP contribution is -2.13. The van der Waals surface area contributed by atoms with Gasteiger partial charge in [0.15, 0.2) is 5.82 Å². The lowest BCUT2D eigenvalue weighted by molar-refractivity contribution is 0.102. The third-order valence-electron chi connectivity index (χ3n) is 5.49. The van der Waals surface area contributed by atoms with E-state index in [1.807, 2.05) is 60.8 Å². The van der Waals surface area contributed by atoms with Crippen LogP contribution in [0.1, 0.15) is 47.8 Å². The molecule has 174 valence electrons. The Morgan fingerprint density at radius 3 is 2.50 bits per heavy atom. The van der Waals surface area contributed by atoms with E-state index in [-0.39, 0.29) is 11.3 Å². The predicted octanol–water partition coefficient (Wildman–Crippen LogP) is 6.71. The van der Waals surface area contributed by atoms with Gasteiger partial charge in [-0.3, -0.25) is 9.48 Å². The highest BCUT2D eigenvalue weighted by molar-refractivity contribution is 6.31. The number of hydrogen-bond donors (Lipinski definition) is 1. The predicted molar refractivity (Wildman–Crippen MR) is 137 cm³/mol. The fraction of sp³-hybridized carbons (Fsp3) is 0.214. The first-order chi connectivity index (χ1) is 16.3. The Hall–Kier alpha value is -3.57. The molecular formula is C28H28ClN3O2. The highest BCUT2D eigenvalue weighted by Gasteiger charge is 2.13. The summed E-state index contributed by atoms with van der Waals surface area (Å²) in [5, 5.41) is 7.98. The van der Waals surface area contributed by atoms with Crippen LogP contribution < -0.4 is 10.1 Å². The number of carbonyl (C=O) groups excluding carboxylic acids is 1. The fourth-order valence-electron chi connectivity index (χ4n) is 3.53. The summed E-state index contributed by atoms with van der Waals surface area (Å²) >= 11 is 6.23. The summed E-state index contributed by atoms with van der Waals surface area (Å²) in [5.74, 6) is 1.06. The van der Waals surface area contributed by atoms with E-state index >= 15 is 0 Å². The van der Waals surface area contributed by atoms with Crippen molar-refractivity contribution in [1.82, 2.24) is 9.78 Å². The largest absolute Gasteiger partial charge is 0.489 e. The Labute approximate surface area is 205 Å². The van der Waals surface area contributed by atoms with Crippen molar-refractivity contribution < 1.29 is 9.53 Å². The van der Waals surface area contributed by atoms with Gasteiger partial charge in [0.25, 0.3) is 5.91 Å². The van der Waals surface area contributed by atoms with Gasteiger partial charge in [0.05, 0.1) is 6.54 Å². The van der Waals surface area contributed by atoms with E-state index in [2.05, 4.69) is 43.3 Å². The van der Waals surface area contributed by atoms with Crippen LogP contribution in [0.4, 0.5) is 5.82 Å². The summed E-state index contributed by atoms with van der Waals surface area (Å²) < 4.78 is 7.67. The number of anilines is 1. The molecule has 1 heterocycles. The molecule has 0 aliphatic rings. The van der Waals surface area contributed by atoms with Crippen molar-refractivity contribution in [2.24, 2.45) is 0 Å². The topological polar surface area (TPSA) is 56.1 Å². The number of hydrogen-bond acceptors (Lipinski definition) is 3. The standard InChI is InChI=1S/C28H28ClN3O2/c1-28(2,3)23-11-13-24(14-12-23)34-19-20-7-6-9-21(17-20)27(33)30-26-15-16-32(31-26)18-22-8-4-5-10-25(22)29/h4-17H,18-19H2,1-3H3,(H,30,31,33). The zero-order valence-corrected chi connectivity index (χ0v) is 20.3. The van der Waals surface area contributed by atoms with Gasteiger partial charge in [-0.05, 0) is 52.4 Å². The third kappa shape index (κ3) is 6.06. The normalized spacial score (nSPS) is 11.3. The summed E-state index contributed by atoms with van der Waals surface area (Å²) in [4.78, 5) is 12.8. The highest BCUT2D eigenvalue weighted by Crippen LogP contribution is 2.24. The third-order valence-corrected chi connectivity index (χ3v) is 5.86. The lowest BCUT2D eigenvalue weighted by atomic mass is 9.87. The molecule has 6 heteroatoms. The Morgan fingerprint density at radius 2 is 1.76 bits per heavy atom. The highest BCUT2D eigenvalue weighted by atomic mass is 35.5. The number of halogens is 1. The van der Waals surface area contributed by atoms with Crippen LogP contribution in [0.2, 0.25) is 5.02 Å². The van der Waals surface area contributed by atoms with E-state index < -0.39 is 0 Å². The van der Waals surface area contributed by atoms with Gasteiger partial charge in [-0.15, -0.1) is 0 Å². The van der Waals surface area contributed by atoms with E-state index in [0.717, 1.165) is 16.9 Å². The minimum absolute atomic E-state index is 0.102. The molecule has 34 heavy (non-hydrogen) atoms. The quantitative estimate of drug-likeness (QED) is 0.324. The molecule has 0 unspecified atom stereocenters. The van der Waals surface area contributed by atoms with Crippen LogP contribution in [0, 0.1) is 0 Å². The molecule has 3 aromatic carbocycles. The van der Waals surface area contributed by atoms with Gasteiger partial charge in [-0.1, -0.05) is 74.8 Å². The van der Waals surface area contributed by atoms with Gasteiger partial charge < -0.3 is 10.1 Å². The van der Waals surface area contributed by atoms with Crippen LogP contribution in [0.25, 0.3) is 0 Å². The first-order valence-electron chi connectivity index (χ1n) is 11.2. The molecular weight excluding hydrogens is 446 g/mol. The zero-order valence-electron chi connectivity index (χ0n) is 19.6. The minimum Gasteiger partial charge on any atom is -0.489 e. The monoisotopic (exact) mass is 473 g/mol. The fourth-order valence-corrected chi connectivity index (χ4v) is 3.72. The van der Waals surface area contributed by atoms with Crippen molar-refractivity contribution in [3.63, 3.8) is 0 Å². The van der Waals surface area contributed by atoms with E-state index in [1.165, 1.54) is 5.56 Å². The van der Waals surface area contributed by atoms with Crippen LogP contribution in [0.15, 0.2) is 85.1 Å². The Balaban J connectivity index is 1.36. The molecule has 1 amide bonds. The number of nitrogens with one attached hydrogen (secondary N) is 1. The summed E-state index contributed by atoms with van der Waals surface area (Å²) in [5.41, 5.74) is 3.78. The van der Waals surface area contributed by atoms with Gasteiger partial charge in [-0.2, -0.15) is 5.10 Å². The molecule has 0 saturated heterocycles. The van der Waals surface area contributed by atoms with Crippen molar-refractivity contribution in [2.75, 3.05) is 5.32 Å². The summed E-state index contributed by atoms with van der Waals surface area (Å²) in [6.07, 6.45) is 1.81. The molecule has 0 spiro atoms. The van der Waals surface area contributed by atoms with Gasteiger partial charge in [0, 0.05) is 22.8 Å². The van der Waals surface area contributed by atoms with Crippen molar-refractivity contribution >= 4 is 23.3 Å². The number of rotatable bonds is 7. The van der Waals surface area contributed by atoms with Crippen molar-refractivity contribution in [3.8, 4) is 5.75 Å². The molecule has 0 aliphatic carbocycles. The molecule has 5 nitrogen and oxygen atoms in total. The first kappa shape index (κ1) is 23.6. The lowest BCUT2D eigenvalue weighted by Gasteiger charge is -2.19. The Kier molecular flexibility index (Phi) is 7.03. The van der Waals surface area contributed by atoms with Crippen LogP contribution in [0.3, 0.4) is 0 Å². The van der Waals surface area contributed by atoms with Gasteiger partial charge in [0.1, 0.15) is 12.4 Å². The minimum atomic E-state index is -0.223. The van der Waals surface area contributed by atoms with Gasteiger partial charge in [0.2, 0.25) is 0 Å². The molecule has 0 fully saturated rings. The van der Waals surface area contributed by atoms with Crippen molar-refractivity contribution in [2.45, 2.75) is 39.3 Å². The van der Waals surface area contributed by atoms with Gasteiger partial charge in [-0.25, -0.2) is 0 Å². The number of benzene rings is 3. The maximum atomic E-state index is 12.8. The SMILES string of the molecule is CC(C)(C)c1ccc(OCc2cccc(C(=O)Nc3ccn(Cc4ccccc4Cl)n3)c2)cc1. The summed E-state index contributed by atoms with van der Waals surface area (Å²) in [7, 11) is 0. The molecule has 1 N–H and O–H groups in total. The molecule has 1 aromatic heterocycles. The Bertz CT molecular complexity index is 1270. The van der Waals surface area contributed by atoms with E-state index in [9.17, 15) is 4.79 Å². The first-order valence-corrected chi connectivity index (χ1v) is 11.6. The smallest absolute Gasteiger partial charge is 0.256 e. The van der Waals surface area contributed by atoms with E-state index in [4.69, 9.17) is 16.3 Å². The number of ether oxygens (including phenoxy) is 1. The second-order valence-electron chi connectivity index (χ2n) is 9.21. The molecule has 0 radical (unpaired) electrons. The summed E-state index contributed by atoms with van der Waals surface area (Å²) in [6.45, 7) is 7.45. The van der Waals surface area contributed by atoms with Gasteiger partial charge >= 0.3 is 0 Å². The zero-order chi connectivity index (χ0) is 24.1. The van der Waals surface area contributed by atoms with Crippen molar-refractivity contribution in [1.29, 1.82) is 0 Å². The summed E-state index contributed by atoms with van der Waals surface area (Å²) in [6, 6.07) is 24.9. The molecule has 0 bridgehead atoms. The van der Waals surface area contributed by atoms with E-state index in [0.29, 0.717) is 29.6 Å². The van der Waals surface area contributed by atoms with E-state index in [1.54, 1.807) is 16.8 Å². The Morgan fingerprint density at radius 1 is 1.00 bits per heavy atom. The average Bonchev–Trinajstić information content (AvgIpc) is 3.26. The molecule has 4 aromatic rings. The number of amides is 1. The number of carbonyl (C=O) groups is 1. The van der Waals surface area contributed by atoms with Crippen LogP contribution in [0.5, 0.6) is 5.75 Å². The number of aromatic nitrogens is 2. The van der Waals surface area contributed by atoms with Crippen molar-refractivity contribution in [3.05, 3.63) is 112 Å². The maximum absolute atomic E-state index is 12.8. The average molecular weight is 474 g/mol. The second kappa shape index (κ2) is 10.1. The molecule has 0 saturated carbocycles. The van der Waals surface area contributed by atoms with Crippen LogP contribution >= 0.6 is 11.6 Å². The molecule has 0 aliphatic heterocycles. The molecule has 4 rings (SSSR count). The molecule has 0 atom stereocenters. The second-order valence-corrected chi connectivity index (χ2v) is 9.61. The maximum Gasteiger partial charge on any atom is 0.256 e.